The fourth-order valence-corrected chi connectivity index (χ4v) is 5.45. The number of halogens is 3. The monoisotopic (exact) mass is 504 g/mol. The van der Waals surface area contributed by atoms with Gasteiger partial charge in [-0.3, -0.25) is 4.98 Å². The molecule has 4 aromatic heterocycles. The molecular formula is C26H23F3N8. The molecule has 11 heteroatoms. The fraction of sp³-hybridized carbons (Fsp3) is 0.346. The van der Waals surface area contributed by atoms with Crippen LogP contribution in [0.2, 0.25) is 0 Å². The van der Waals surface area contributed by atoms with Crippen LogP contribution in [0.1, 0.15) is 30.7 Å². The van der Waals surface area contributed by atoms with E-state index in [-0.39, 0.29) is 5.82 Å². The molecule has 2 aliphatic carbocycles. The van der Waals surface area contributed by atoms with Crippen LogP contribution >= 0.6 is 0 Å². The Morgan fingerprint density at radius 2 is 1.76 bits per heavy atom. The number of nitrogens with one attached hydrogen (secondary N) is 3. The van der Waals surface area contributed by atoms with Gasteiger partial charge in [-0.15, -0.1) is 0 Å². The van der Waals surface area contributed by atoms with Crippen LogP contribution in [0, 0.1) is 29.4 Å². The maximum Gasteiger partial charge on any atom is 0.251 e. The summed E-state index contributed by atoms with van der Waals surface area (Å²) in [4.78, 5) is 21.7. The molecule has 1 unspecified atom stereocenters. The minimum absolute atomic E-state index is 0.192. The highest BCUT2D eigenvalue weighted by Gasteiger charge is 2.53. The average molecular weight is 505 g/mol. The van der Waals surface area contributed by atoms with Gasteiger partial charge in [-0.25, -0.2) is 23.7 Å². The Bertz CT molecular complexity index is 1520. The van der Waals surface area contributed by atoms with Crippen molar-refractivity contribution in [2.45, 2.75) is 31.2 Å². The maximum absolute atomic E-state index is 14.1. The summed E-state index contributed by atoms with van der Waals surface area (Å²) in [7, 11) is 0. The van der Waals surface area contributed by atoms with E-state index in [1.807, 2.05) is 6.20 Å². The van der Waals surface area contributed by atoms with Gasteiger partial charge in [-0.2, -0.15) is 9.37 Å². The van der Waals surface area contributed by atoms with Gasteiger partial charge in [0.2, 0.25) is 0 Å². The predicted octanol–water partition coefficient (Wildman–Crippen LogP) is 4.54. The summed E-state index contributed by atoms with van der Waals surface area (Å²) in [6.07, 6.45) is 8.68. The van der Waals surface area contributed by atoms with E-state index >= 15 is 0 Å². The minimum Gasteiger partial charge on any atom is -0.366 e. The van der Waals surface area contributed by atoms with E-state index in [9.17, 15) is 13.2 Å². The number of fused-ring (bicyclic) bond motifs is 2. The molecule has 3 aliphatic rings. The molecule has 0 aromatic carbocycles. The quantitative estimate of drug-likeness (QED) is 0.329. The molecule has 37 heavy (non-hydrogen) atoms. The van der Waals surface area contributed by atoms with Crippen molar-refractivity contribution in [2.24, 2.45) is 11.8 Å². The van der Waals surface area contributed by atoms with E-state index in [0.717, 1.165) is 42.7 Å². The molecule has 188 valence electrons. The standard InChI is InChI=1S/C26H23F3N8/c27-17-7-18(28)25(36-23(17)29)34-20-6-13(4-5-32-20)24-33-19-11-31-8-14(12-2-1-3-12)21(19)26(37-24)35-22-15-9-30-10-16(15)22/h4-8,11-12,15-16,22,30H,1-3,9-10H2,(H,32,34,36)(H,33,35,37)/t15-,16?,22-/m0/s1. The van der Waals surface area contributed by atoms with Crippen molar-refractivity contribution in [2.75, 3.05) is 23.7 Å². The molecule has 1 aliphatic heterocycles. The Balaban J connectivity index is 1.28. The van der Waals surface area contributed by atoms with Crippen molar-refractivity contribution in [3.63, 3.8) is 0 Å². The average Bonchev–Trinajstić information content (AvgIpc) is 3.26. The van der Waals surface area contributed by atoms with E-state index < -0.39 is 23.4 Å². The number of anilines is 3. The summed E-state index contributed by atoms with van der Waals surface area (Å²) in [6, 6.07) is 4.16. The number of rotatable bonds is 6. The second-order valence-corrected chi connectivity index (χ2v) is 9.95. The third-order valence-electron chi connectivity index (χ3n) is 7.73. The largest absolute Gasteiger partial charge is 0.366 e. The first-order valence-corrected chi connectivity index (χ1v) is 12.4. The molecule has 4 aromatic rings. The Morgan fingerprint density at radius 1 is 0.919 bits per heavy atom. The summed E-state index contributed by atoms with van der Waals surface area (Å²) < 4.78 is 41.0. The van der Waals surface area contributed by atoms with Crippen LogP contribution in [0.25, 0.3) is 22.3 Å². The number of aromatic nitrogens is 5. The number of hydrogen-bond donors (Lipinski definition) is 3. The molecule has 3 atom stereocenters. The van der Waals surface area contributed by atoms with Gasteiger partial charge in [0.25, 0.3) is 5.95 Å². The lowest BCUT2D eigenvalue weighted by molar-refractivity contribution is 0.421. The zero-order valence-electron chi connectivity index (χ0n) is 19.7. The first-order chi connectivity index (χ1) is 18.0. The van der Waals surface area contributed by atoms with Crippen LogP contribution in [0.5, 0.6) is 0 Å². The molecule has 7 rings (SSSR count). The SMILES string of the molecule is Fc1cc(F)c(Nc2cc(-c3nc(N[C@@H]4C5CNC[C@@H]54)c4c(C5CCC5)cncc4n3)ccn2)nc1F. The lowest BCUT2D eigenvalue weighted by Gasteiger charge is -2.27. The highest BCUT2D eigenvalue weighted by atomic mass is 19.2. The molecule has 5 heterocycles. The van der Waals surface area contributed by atoms with Crippen LogP contribution < -0.4 is 16.0 Å². The van der Waals surface area contributed by atoms with Crippen LogP contribution in [0.4, 0.5) is 30.6 Å². The molecule has 0 amide bonds. The van der Waals surface area contributed by atoms with Gasteiger partial charge in [-0.05, 0) is 48.3 Å². The summed E-state index contributed by atoms with van der Waals surface area (Å²) in [5, 5.41) is 10.8. The zero-order chi connectivity index (χ0) is 25.1. The van der Waals surface area contributed by atoms with Gasteiger partial charge in [0.15, 0.2) is 23.3 Å². The molecular weight excluding hydrogens is 481 g/mol. The van der Waals surface area contributed by atoms with Gasteiger partial charge in [-0.1, -0.05) is 6.42 Å². The van der Waals surface area contributed by atoms with Gasteiger partial charge >= 0.3 is 0 Å². The van der Waals surface area contributed by atoms with Gasteiger partial charge < -0.3 is 16.0 Å². The van der Waals surface area contributed by atoms with Crippen LogP contribution in [-0.4, -0.2) is 44.1 Å². The topological polar surface area (TPSA) is 101 Å². The van der Waals surface area contributed by atoms with Crippen LogP contribution in [-0.2, 0) is 0 Å². The number of piperidine rings is 1. The zero-order valence-corrected chi connectivity index (χ0v) is 19.7. The van der Waals surface area contributed by atoms with E-state index in [1.165, 1.54) is 18.2 Å². The van der Waals surface area contributed by atoms with E-state index in [4.69, 9.17) is 9.97 Å². The predicted molar refractivity (Wildman–Crippen MR) is 132 cm³/mol. The van der Waals surface area contributed by atoms with Crippen LogP contribution in [0.15, 0.2) is 36.8 Å². The molecule has 0 spiro atoms. The smallest absolute Gasteiger partial charge is 0.251 e. The first-order valence-electron chi connectivity index (χ1n) is 12.4. The van der Waals surface area contributed by atoms with Gasteiger partial charge in [0, 0.05) is 48.5 Å². The normalized spacial score (nSPS) is 22.5. The first kappa shape index (κ1) is 22.3. The number of hydrogen-bond acceptors (Lipinski definition) is 8. The van der Waals surface area contributed by atoms with Crippen molar-refractivity contribution in [3.8, 4) is 11.4 Å². The molecule has 3 N–H and O–H groups in total. The van der Waals surface area contributed by atoms with Crippen molar-refractivity contribution in [1.29, 1.82) is 0 Å². The third kappa shape index (κ3) is 3.93. The second kappa shape index (κ2) is 8.62. The number of nitrogens with zero attached hydrogens (tertiary/aromatic N) is 5. The fourth-order valence-electron chi connectivity index (χ4n) is 5.45. The molecule has 3 fully saturated rings. The van der Waals surface area contributed by atoms with E-state index in [2.05, 4.69) is 30.9 Å². The number of pyridine rings is 3. The lowest BCUT2D eigenvalue weighted by Crippen LogP contribution is -2.22. The summed E-state index contributed by atoms with van der Waals surface area (Å²) >= 11 is 0. The Labute approximate surface area is 210 Å². The van der Waals surface area contributed by atoms with Crippen molar-refractivity contribution in [3.05, 3.63) is 59.9 Å². The maximum atomic E-state index is 14.1. The lowest BCUT2D eigenvalue weighted by atomic mass is 9.79. The Hall–Kier alpha value is -3.86. The van der Waals surface area contributed by atoms with Crippen molar-refractivity contribution < 1.29 is 13.2 Å². The third-order valence-corrected chi connectivity index (χ3v) is 7.73. The van der Waals surface area contributed by atoms with Crippen molar-refractivity contribution in [1.82, 2.24) is 30.2 Å². The highest BCUT2D eigenvalue weighted by molar-refractivity contribution is 5.93. The molecule has 0 radical (unpaired) electrons. The van der Waals surface area contributed by atoms with Crippen LogP contribution in [0.3, 0.4) is 0 Å². The highest BCUT2D eigenvalue weighted by Crippen LogP contribution is 2.46. The van der Waals surface area contributed by atoms with E-state index in [1.54, 1.807) is 18.3 Å². The van der Waals surface area contributed by atoms with E-state index in [0.29, 0.717) is 41.2 Å². The molecule has 0 bridgehead atoms. The second-order valence-electron chi connectivity index (χ2n) is 9.95. The molecule has 8 nitrogen and oxygen atoms in total. The summed E-state index contributed by atoms with van der Waals surface area (Å²) in [6.45, 7) is 2.01. The Kier molecular flexibility index (Phi) is 5.20. The summed E-state index contributed by atoms with van der Waals surface area (Å²) in [5.41, 5.74) is 2.55. The molecule has 2 saturated carbocycles. The van der Waals surface area contributed by atoms with Crippen molar-refractivity contribution >= 4 is 28.4 Å². The summed E-state index contributed by atoms with van der Waals surface area (Å²) in [5.74, 6) is -1.16. The van der Waals surface area contributed by atoms with Gasteiger partial charge in [0.1, 0.15) is 11.6 Å². The molecule has 1 saturated heterocycles. The minimum atomic E-state index is -1.40. The Morgan fingerprint density at radius 3 is 2.54 bits per heavy atom. The van der Waals surface area contributed by atoms with Gasteiger partial charge in [0.05, 0.1) is 11.7 Å².